The average molecular weight is 369 g/mol. The highest BCUT2D eigenvalue weighted by molar-refractivity contribution is 5.84. The third-order valence-electron chi connectivity index (χ3n) is 5.11. The Hall–Kier alpha value is -3.16. The second kappa shape index (κ2) is 6.86. The second-order valence-corrected chi connectivity index (χ2v) is 6.86. The second-order valence-electron chi connectivity index (χ2n) is 6.86. The molecule has 2 aromatic heterocycles. The molecule has 0 atom stereocenters. The molecule has 0 saturated carbocycles. The number of nitrogens with zero attached hydrogens (tertiary/aromatic N) is 4. The van der Waals surface area contributed by atoms with Crippen molar-refractivity contribution in [1.29, 1.82) is 0 Å². The van der Waals surface area contributed by atoms with Crippen LogP contribution in [0.25, 0.3) is 10.9 Å². The summed E-state index contributed by atoms with van der Waals surface area (Å²) in [5, 5.41) is 9.77. The largest absolute Gasteiger partial charge is 0.465 e. The number of likely N-dealkylation sites (tertiary alicyclic amines) is 1. The molecule has 0 radical (unpaired) electrons. The molecule has 7 nitrogen and oxygen atoms in total. The summed E-state index contributed by atoms with van der Waals surface area (Å²) >= 11 is 0. The van der Waals surface area contributed by atoms with Crippen LogP contribution >= 0.6 is 0 Å². The van der Waals surface area contributed by atoms with Crippen molar-refractivity contribution < 1.29 is 14.3 Å². The lowest BCUT2D eigenvalue weighted by Gasteiger charge is -2.29. The fraction of sp³-hybridized carbons (Fsp3) is 0.316. The van der Waals surface area contributed by atoms with Gasteiger partial charge in [-0.1, -0.05) is 0 Å². The molecule has 1 saturated heterocycles. The van der Waals surface area contributed by atoms with E-state index >= 15 is 0 Å². The van der Waals surface area contributed by atoms with Crippen LogP contribution in [0.1, 0.15) is 30.1 Å². The van der Waals surface area contributed by atoms with E-state index in [1.165, 1.54) is 11.0 Å². The van der Waals surface area contributed by atoms with Gasteiger partial charge in [0.2, 0.25) is 0 Å². The summed E-state index contributed by atoms with van der Waals surface area (Å²) in [7, 11) is 0. The van der Waals surface area contributed by atoms with Gasteiger partial charge in [0, 0.05) is 42.8 Å². The third kappa shape index (κ3) is 3.42. The lowest BCUT2D eigenvalue weighted by molar-refractivity contribution is 0.132. The molecule has 27 heavy (non-hydrogen) atoms. The van der Waals surface area contributed by atoms with Crippen molar-refractivity contribution in [2.45, 2.75) is 25.3 Å². The minimum absolute atomic E-state index is 0.266. The van der Waals surface area contributed by atoms with Crippen LogP contribution < -0.4 is 5.73 Å². The van der Waals surface area contributed by atoms with E-state index in [0.717, 1.165) is 23.8 Å². The predicted molar refractivity (Wildman–Crippen MR) is 99.0 cm³/mol. The molecule has 1 aliphatic heterocycles. The molecule has 3 N–H and O–H groups in total. The molecule has 140 valence electrons. The van der Waals surface area contributed by atoms with Crippen LogP contribution in [0.3, 0.4) is 0 Å². The number of hydrogen-bond acceptors (Lipinski definition) is 4. The zero-order valence-electron chi connectivity index (χ0n) is 14.7. The van der Waals surface area contributed by atoms with Crippen LogP contribution in [-0.4, -0.2) is 43.7 Å². The molecule has 0 aliphatic carbocycles. The number of amides is 1. The van der Waals surface area contributed by atoms with E-state index in [1.54, 1.807) is 29.2 Å². The molecule has 1 fully saturated rings. The van der Waals surface area contributed by atoms with Gasteiger partial charge >= 0.3 is 6.09 Å². The van der Waals surface area contributed by atoms with Gasteiger partial charge in [0.1, 0.15) is 11.6 Å². The summed E-state index contributed by atoms with van der Waals surface area (Å²) in [6, 6.07) is 4.87. The summed E-state index contributed by atoms with van der Waals surface area (Å²) < 4.78 is 16.0. The van der Waals surface area contributed by atoms with Crippen molar-refractivity contribution in [1.82, 2.24) is 19.4 Å². The van der Waals surface area contributed by atoms with Crippen molar-refractivity contribution in [2.75, 3.05) is 18.8 Å². The minimum Gasteiger partial charge on any atom is -0.465 e. The highest BCUT2D eigenvalue weighted by Crippen LogP contribution is 2.27. The smallest absolute Gasteiger partial charge is 0.407 e. The van der Waals surface area contributed by atoms with Crippen LogP contribution in [0.15, 0.2) is 36.8 Å². The molecular weight excluding hydrogens is 349 g/mol. The van der Waals surface area contributed by atoms with Gasteiger partial charge in [-0.2, -0.15) is 0 Å². The Bertz CT molecular complexity index is 978. The van der Waals surface area contributed by atoms with E-state index in [2.05, 4.69) is 9.97 Å². The van der Waals surface area contributed by atoms with Gasteiger partial charge in [0.05, 0.1) is 12.1 Å². The Kier molecular flexibility index (Phi) is 4.39. The molecule has 1 amide bonds. The first-order chi connectivity index (χ1) is 13.0. The number of aromatic nitrogens is 3. The molecular formula is C19H20FN5O2. The number of rotatable bonds is 3. The molecule has 0 bridgehead atoms. The highest BCUT2D eigenvalue weighted by Gasteiger charge is 2.23. The first-order valence-corrected chi connectivity index (χ1v) is 8.84. The third-order valence-corrected chi connectivity index (χ3v) is 5.11. The Morgan fingerprint density at radius 3 is 2.63 bits per heavy atom. The molecule has 8 heteroatoms. The maximum atomic E-state index is 14.3. The van der Waals surface area contributed by atoms with E-state index in [4.69, 9.17) is 10.8 Å². The quantitative estimate of drug-likeness (QED) is 0.692. The summed E-state index contributed by atoms with van der Waals surface area (Å²) in [6.07, 6.45) is 6.06. The van der Waals surface area contributed by atoms with Gasteiger partial charge < -0.3 is 20.3 Å². The van der Waals surface area contributed by atoms with Crippen molar-refractivity contribution in [3.05, 3.63) is 54.0 Å². The number of carboxylic acid groups (broad SMARTS) is 1. The van der Waals surface area contributed by atoms with E-state index < -0.39 is 6.09 Å². The number of halogens is 1. The molecule has 3 aromatic rings. The van der Waals surface area contributed by atoms with Gasteiger partial charge in [-0.05, 0) is 42.5 Å². The standard InChI is InChI=1S/C19H20FN5O2/c20-16-8-15(21)7-13-3-6-25(18(13)16)11-17-22-9-14(10-23-17)12-1-4-24(5-2-12)19(26)27/h3,6-10,12H,1-2,4-5,11,21H2,(H,26,27). The molecule has 3 heterocycles. The number of nitrogen functional groups attached to an aromatic ring is 1. The zero-order chi connectivity index (χ0) is 19.0. The monoisotopic (exact) mass is 369 g/mol. The van der Waals surface area contributed by atoms with Crippen LogP contribution in [0.5, 0.6) is 0 Å². The molecule has 4 rings (SSSR count). The van der Waals surface area contributed by atoms with Gasteiger partial charge in [-0.25, -0.2) is 19.2 Å². The number of nitrogens with two attached hydrogens (primary N) is 1. The lowest BCUT2D eigenvalue weighted by atomic mass is 9.91. The average Bonchev–Trinajstić information content (AvgIpc) is 3.05. The Morgan fingerprint density at radius 1 is 1.26 bits per heavy atom. The van der Waals surface area contributed by atoms with Crippen molar-refractivity contribution in [2.24, 2.45) is 0 Å². The van der Waals surface area contributed by atoms with E-state index in [9.17, 15) is 9.18 Å². The first-order valence-electron chi connectivity index (χ1n) is 8.84. The zero-order valence-corrected chi connectivity index (χ0v) is 14.7. The lowest BCUT2D eigenvalue weighted by Crippen LogP contribution is -2.36. The molecule has 1 aliphatic rings. The van der Waals surface area contributed by atoms with Crippen molar-refractivity contribution in [3.8, 4) is 0 Å². The maximum Gasteiger partial charge on any atom is 0.407 e. The maximum absolute atomic E-state index is 14.3. The first kappa shape index (κ1) is 17.3. The number of benzene rings is 1. The molecule has 0 spiro atoms. The summed E-state index contributed by atoms with van der Waals surface area (Å²) in [6.45, 7) is 1.42. The topological polar surface area (TPSA) is 97.3 Å². The van der Waals surface area contributed by atoms with Gasteiger partial charge in [-0.3, -0.25) is 0 Å². The van der Waals surface area contributed by atoms with Gasteiger partial charge in [0.25, 0.3) is 0 Å². The van der Waals surface area contributed by atoms with Gasteiger partial charge in [0.15, 0.2) is 0 Å². The highest BCUT2D eigenvalue weighted by atomic mass is 19.1. The Labute approximate surface area is 155 Å². The van der Waals surface area contributed by atoms with Crippen molar-refractivity contribution >= 4 is 22.7 Å². The summed E-state index contributed by atoms with van der Waals surface area (Å²) in [5.74, 6) is 0.495. The van der Waals surface area contributed by atoms with E-state index in [1.807, 2.05) is 6.07 Å². The summed E-state index contributed by atoms with van der Waals surface area (Å²) in [4.78, 5) is 21.3. The Morgan fingerprint density at radius 2 is 1.96 bits per heavy atom. The molecule has 0 unspecified atom stereocenters. The van der Waals surface area contributed by atoms with E-state index in [0.29, 0.717) is 36.7 Å². The Balaban J connectivity index is 1.48. The fourth-order valence-corrected chi connectivity index (χ4v) is 3.66. The summed E-state index contributed by atoms with van der Waals surface area (Å²) in [5.41, 5.74) is 7.58. The SMILES string of the molecule is Nc1cc(F)c2c(ccn2Cc2ncc(C3CCN(C(=O)O)CC3)cn2)c1. The predicted octanol–water partition coefficient (Wildman–Crippen LogP) is 3.06. The minimum atomic E-state index is -0.868. The fourth-order valence-electron chi connectivity index (χ4n) is 3.66. The number of piperidine rings is 1. The normalized spacial score (nSPS) is 15.4. The van der Waals surface area contributed by atoms with Crippen LogP contribution in [0, 0.1) is 5.82 Å². The number of fused-ring (bicyclic) bond motifs is 1. The number of carbonyl (C=O) groups is 1. The van der Waals surface area contributed by atoms with Crippen molar-refractivity contribution in [3.63, 3.8) is 0 Å². The molecule has 1 aromatic carbocycles. The van der Waals surface area contributed by atoms with Crippen LogP contribution in [-0.2, 0) is 6.54 Å². The van der Waals surface area contributed by atoms with Gasteiger partial charge in [-0.15, -0.1) is 0 Å². The van der Waals surface area contributed by atoms with Crippen LogP contribution in [0.2, 0.25) is 0 Å². The van der Waals surface area contributed by atoms with Crippen LogP contribution in [0.4, 0.5) is 14.9 Å². The number of anilines is 1. The number of hydrogen-bond donors (Lipinski definition) is 2. The van der Waals surface area contributed by atoms with E-state index in [-0.39, 0.29) is 11.7 Å².